The van der Waals surface area contributed by atoms with Gasteiger partial charge >= 0.3 is 0 Å². The summed E-state index contributed by atoms with van der Waals surface area (Å²) in [6.07, 6.45) is 3.53. The van der Waals surface area contributed by atoms with Crippen molar-refractivity contribution < 1.29 is 4.52 Å². The number of aromatic nitrogens is 2. The van der Waals surface area contributed by atoms with E-state index < -0.39 is 0 Å². The minimum Gasteiger partial charge on any atom is -0.338 e. The second-order valence-corrected chi connectivity index (χ2v) is 3.26. The second-order valence-electron chi connectivity index (χ2n) is 3.26. The van der Waals surface area contributed by atoms with Crippen LogP contribution in [0, 0.1) is 0 Å². The van der Waals surface area contributed by atoms with Crippen LogP contribution < -0.4 is 11.1 Å². The summed E-state index contributed by atoms with van der Waals surface area (Å²) < 4.78 is 5.09. The Balaban J connectivity index is 0.000000980. The SMILES string of the molecule is Cl.NCc1noc([C@H]2CCCCN2)n1. The van der Waals surface area contributed by atoms with E-state index >= 15 is 0 Å². The van der Waals surface area contributed by atoms with Gasteiger partial charge in [0.05, 0.1) is 12.6 Å². The molecule has 1 aliphatic rings. The van der Waals surface area contributed by atoms with Gasteiger partial charge in [0.15, 0.2) is 5.82 Å². The molecule has 80 valence electrons. The van der Waals surface area contributed by atoms with Gasteiger partial charge in [-0.1, -0.05) is 11.6 Å². The second kappa shape index (κ2) is 5.29. The maximum atomic E-state index is 5.39. The van der Waals surface area contributed by atoms with Crippen LogP contribution in [0.2, 0.25) is 0 Å². The minimum absolute atomic E-state index is 0. The third-order valence-electron chi connectivity index (χ3n) is 2.27. The first-order valence-electron chi connectivity index (χ1n) is 4.66. The molecule has 6 heteroatoms. The van der Waals surface area contributed by atoms with E-state index in [9.17, 15) is 0 Å². The van der Waals surface area contributed by atoms with Crippen molar-refractivity contribution in [2.24, 2.45) is 5.73 Å². The van der Waals surface area contributed by atoms with Crippen LogP contribution >= 0.6 is 12.4 Å². The Kier molecular flexibility index (Phi) is 4.31. The predicted molar refractivity (Wildman–Crippen MR) is 54.0 cm³/mol. The van der Waals surface area contributed by atoms with Gasteiger partial charge in [-0.25, -0.2) is 0 Å². The number of nitrogens with zero attached hydrogens (tertiary/aromatic N) is 2. The van der Waals surface area contributed by atoms with Crippen LogP contribution in [0.1, 0.15) is 37.0 Å². The van der Waals surface area contributed by atoms with Crippen molar-refractivity contribution in [2.75, 3.05) is 6.54 Å². The lowest BCUT2D eigenvalue weighted by Gasteiger charge is -2.19. The minimum atomic E-state index is 0. The average molecular weight is 219 g/mol. The molecule has 1 aromatic heterocycles. The van der Waals surface area contributed by atoms with E-state index in [0.29, 0.717) is 18.3 Å². The largest absolute Gasteiger partial charge is 0.338 e. The molecule has 0 aromatic carbocycles. The van der Waals surface area contributed by atoms with Gasteiger partial charge in [0, 0.05) is 0 Å². The highest BCUT2D eigenvalue weighted by molar-refractivity contribution is 5.85. The maximum Gasteiger partial charge on any atom is 0.243 e. The van der Waals surface area contributed by atoms with Crippen molar-refractivity contribution in [1.29, 1.82) is 0 Å². The summed E-state index contributed by atoms with van der Waals surface area (Å²) in [5.74, 6) is 1.27. The third-order valence-corrected chi connectivity index (χ3v) is 2.27. The van der Waals surface area contributed by atoms with Crippen molar-refractivity contribution in [1.82, 2.24) is 15.5 Å². The molecule has 1 fully saturated rings. The van der Waals surface area contributed by atoms with Crippen molar-refractivity contribution in [3.63, 3.8) is 0 Å². The molecule has 2 heterocycles. The molecule has 3 N–H and O–H groups in total. The van der Waals surface area contributed by atoms with Gasteiger partial charge in [0.25, 0.3) is 0 Å². The number of piperidine rings is 1. The van der Waals surface area contributed by atoms with E-state index in [2.05, 4.69) is 15.5 Å². The number of nitrogens with two attached hydrogens (primary N) is 1. The van der Waals surface area contributed by atoms with Crippen LogP contribution in [0.25, 0.3) is 0 Å². The maximum absolute atomic E-state index is 5.39. The Morgan fingerprint density at radius 1 is 1.50 bits per heavy atom. The predicted octanol–water partition coefficient (Wildman–Crippen LogP) is 0.765. The quantitative estimate of drug-likeness (QED) is 0.767. The van der Waals surface area contributed by atoms with E-state index in [1.54, 1.807) is 0 Å². The molecular weight excluding hydrogens is 204 g/mol. The summed E-state index contributed by atoms with van der Waals surface area (Å²) in [4.78, 5) is 4.19. The Bertz CT molecular complexity index is 272. The fourth-order valence-electron chi connectivity index (χ4n) is 1.55. The molecule has 2 rings (SSSR count). The number of rotatable bonds is 2. The first-order chi connectivity index (χ1) is 6.40. The number of hydrogen-bond acceptors (Lipinski definition) is 5. The summed E-state index contributed by atoms with van der Waals surface area (Å²) >= 11 is 0. The number of hydrogen-bond donors (Lipinski definition) is 2. The lowest BCUT2D eigenvalue weighted by molar-refractivity contribution is 0.296. The molecule has 14 heavy (non-hydrogen) atoms. The summed E-state index contributed by atoms with van der Waals surface area (Å²) in [5, 5.41) is 7.09. The highest BCUT2D eigenvalue weighted by Gasteiger charge is 2.20. The lowest BCUT2D eigenvalue weighted by Crippen LogP contribution is -2.27. The molecule has 0 unspecified atom stereocenters. The number of nitrogens with one attached hydrogen (secondary N) is 1. The molecule has 0 spiro atoms. The standard InChI is InChI=1S/C8H14N4O.ClH/c9-5-7-11-8(13-12-7)6-3-1-2-4-10-6;/h6,10H,1-5,9H2;1H/t6-;/m1./s1. The molecule has 0 radical (unpaired) electrons. The third kappa shape index (κ3) is 2.43. The Morgan fingerprint density at radius 2 is 2.36 bits per heavy atom. The number of halogens is 1. The molecular formula is C8H15ClN4O. The highest BCUT2D eigenvalue weighted by atomic mass is 35.5. The van der Waals surface area contributed by atoms with Crippen molar-refractivity contribution in [2.45, 2.75) is 31.8 Å². The van der Waals surface area contributed by atoms with Crippen LogP contribution in [0.5, 0.6) is 0 Å². The van der Waals surface area contributed by atoms with Gasteiger partial charge < -0.3 is 15.6 Å². The van der Waals surface area contributed by atoms with Gasteiger partial charge in [0.2, 0.25) is 5.89 Å². The molecule has 1 aromatic rings. The van der Waals surface area contributed by atoms with Crippen LogP contribution in [0.15, 0.2) is 4.52 Å². The van der Waals surface area contributed by atoms with Crippen LogP contribution in [0.4, 0.5) is 0 Å². The highest BCUT2D eigenvalue weighted by Crippen LogP contribution is 2.20. The molecule has 0 saturated carbocycles. The lowest BCUT2D eigenvalue weighted by atomic mass is 10.1. The van der Waals surface area contributed by atoms with E-state index in [-0.39, 0.29) is 18.4 Å². The summed E-state index contributed by atoms with van der Waals surface area (Å²) in [7, 11) is 0. The zero-order valence-electron chi connectivity index (χ0n) is 7.90. The van der Waals surface area contributed by atoms with Gasteiger partial charge in [0.1, 0.15) is 0 Å². The Labute approximate surface area is 88.8 Å². The summed E-state index contributed by atoms with van der Waals surface area (Å²) in [6.45, 7) is 1.38. The van der Waals surface area contributed by atoms with Gasteiger partial charge in [-0.3, -0.25) is 0 Å². The molecule has 1 atom stereocenters. The monoisotopic (exact) mass is 218 g/mol. The fraction of sp³-hybridized carbons (Fsp3) is 0.750. The zero-order valence-corrected chi connectivity index (χ0v) is 8.72. The van der Waals surface area contributed by atoms with Crippen LogP contribution in [-0.4, -0.2) is 16.7 Å². The first kappa shape index (κ1) is 11.4. The molecule has 0 bridgehead atoms. The van der Waals surface area contributed by atoms with E-state index in [0.717, 1.165) is 13.0 Å². The van der Waals surface area contributed by atoms with Crippen molar-refractivity contribution in [3.8, 4) is 0 Å². The van der Waals surface area contributed by atoms with Crippen molar-refractivity contribution in [3.05, 3.63) is 11.7 Å². The zero-order chi connectivity index (χ0) is 9.10. The van der Waals surface area contributed by atoms with E-state index in [1.807, 2.05) is 0 Å². The van der Waals surface area contributed by atoms with E-state index in [4.69, 9.17) is 10.3 Å². The van der Waals surface area contributed by atoms with Gasteiger partial charge in [-0.2, -0.15) is 4.98 Å². The first-order valence-corrected chi connectivity index (χ1v) is 4.66. The summed E-state index contributed by atoms with van der Waals surface area (Å²) in [5.41, 5.74) is 5.39. The smallest absolute Gasteiger partial charge is 0.243 e. The molecule has 0 amide bonds. The molecule has 0 aliphatic carbocycles. The van der Waals surface area contributed by atoms with E-state index in [1.165, 1.54) is 12.8 Å². The molecule has 1 saturated heterocycles. The average Bonchev–Trinajstić information content (AvgIpc) is 2.67. The van der Waals surface area contributed by atoms with Gasteiger partial charge in [-0.05, 0) is 19.4 Å². The van der Waals surface area contributed by atoms with Crippen LogP contribution in [0.3, 0.4) is 0 Å². The fourth-order valence-corrected chi connectivity index (χ4v) is 1.55. The molecule has 5 nitrogen and oxygen atoms in total. The van der Waals surface area contributed by atoms with Gasteiger partial charge in [-0.15, -0.1) is 12.4 Å². The summed E-state index contributed by atoms with van der Waals surface area (Å²) in [6, 6.07) is 0.238. The normalized spacial score (nSPS) is 21.6. The molecule has 1 aliphatic heterocycles. The topological polar surface area (TPSA) is 77.0 Å². The Hall–Kier alpha value is -0.650. The van der Waals surface area contributed by atoms with Crippen molar-refractivity contribution >= 4 is 12.4 Å². The Morgan fingerprint density at radius 3 is 2.93 bits per heavy atom. The van der Waals surface area contributed by atoms with Crippen LogP contribution in [-0.2, 0) is 6.54 Å².